The number of unbranched alkanes of at least 4 members (excludes halogenated alkanes) is 18. The van der Waals surface area contributed by atoms with Crippen molar-refractivity contribution in [2.24, 2.45) is 0 Å². The number of likely N-dealkylation sites (tertiary alicyclic amines) is 1. The van der Waals surface area contributed by atoms with Gasteiger partial charge in [0.2, 0.25) is 0 Å². The van der Waals surface area contributed by atoms with Gasteiger partial charge in [-0.25, -0.2) is 0 Å². The molecule has 0 aromatic rings. The molecule has 290 valence electrons. The van der Waals surface area contributed by atoms with Gasteiger partial charge in [0.1, 0.15) is 12.2 Å². The van der Waals surface area contributed by atoms with Crippen molar-refractivity contribution in [3.8, 4) is 0 Å². The molecule has 5 heteroatoms. The topological polar surface area (TPSA) is 51.2 Å². The molecule has 50 heavy (non-hydrogen) atoms. The third-order valence-electron chi connectivity index (χ3n) is 10.6. The van der Waals surface area contributed by atoms with E-state index in [0.717, 1.165) is 45.1 Å². The van der Waals surface area contributed by atoms with Gasteiger partial charge in [0, 0.05) is 33.0 Å². The summed E-state index contributed by atoms with van der Waals surface area (Å²) >= 11 is 0. The lowest BCUT2D eigenvalue weighted by molar-refractivity contribution is -0.202. The molecule has 2 aliphatic rings. The van der Waals surface area contributed by atoms with Crippen LogP contribution in [0, 0.1) is 0 Å². The van der Waals surface area contributed by atoms with Crippen LogP contribution < -0.4 is 0 Å². The Kier molecular flexibility index (Phi) is 27.2. The van der Waals surface area contributed by atoms with Crippen LogP contribution in [0.1, 0.15) is 181 Å². The van der Waals surface area contributed by atoms with Gasteiger partial charge in [-0.1, -0.05) is 140 Å². The highest BCUT2D eigenvalue weighted by atomic mass is 16.8. The third-order valence-corrected chi connectivity index (χ3v) is 10.6. The molecule has 5 nitrogen and oxygen atoms in total. The first-order valence-electron chi connectivity index (χ1n) is 21.4. The molecule has 0 spiro atoms. The summed E-state index contributed by atoms with van der Waals surface area (Å²) in [5, 5.41) is 11.1. The number of aliphatic hydroxyl groups excluding tert-OH is 1. The zero-order valence-corrected chi connectivity index (χ0v) is 33.3. The minimum Gasteiger partial charge on any atom is -0.389 e. The molecule has 0 aromatic carbocycles. The second-order valence-electron chi connectivity index (χ2n) is 15.3. The molecule has 0 aliphatic carbocycles. The highest BCUT2D eigenvalue weighted by Gasteiger charge is 2.53. The van der Waals surface area contributed by atoms with Gasteiger partial charge in [0.15, 0.2) is 5.79 Å². The van der Waals surface area contributed by atoms with Gasteiger partial charge in [-0.15, -0.1) is 0 Å². The van der Waals surface area contributed by atoms with Gasteiger partial charge in [-0.3, -0.25) is 0 Å². The normalized spacial score (nSPS) is 22.9. The van der Waals surface area contributed by atoms with E-state index in [4.69, 9.17) is 14.2 Å². The molecule has 4 atom stereocenters. The van der Waals surface area contributed by atoms with Gasteiger partial charge < -0.3 is 24.2 Å². The second-order valence-corrected chi connectivity index (χ2v) is 15.3. The number of aliphatic hydroxyl groups is 1. The molecule has 1 N–H and O–H groups in total. The number of nitrogens with zero attached hydrogens (tertiary/aromatic N) is 1. The van der Waals surface area contributed by atoms with Gasteiger partial charge >= 0.3 is 0 Å². The van der Waals surface area contributed by atoms with Crippen molar-refractivity contribution in [2.75, 3.05) is 27.2 Å². The Morgan fingerprint density at radius 2 is 0.960 bits per heavy atom. The van der Waals surface area contributed by atoms with Crippen LogP contribution in [0.25, 0.3) is 0 Å². The molecule has 0 unspecified atom stereocenters. The Morgan fingerprint density at radius 1 is 0.560 bits per heavy atom. The summed E-state index contributed by atoms with van der Waals surface area (Å²) in [5.74, 6) is -0.590. The Labute approximate surface area is 310 Å². The minimum atomic E-state index is -0.590. The summed E-state index contributed by atoms with van der Waals surface area (Å²) in [6.45, 7) is 5.87. The maximum absolute atomic E-state index is 11.1. The van der Waals surface area contributed by atoms with Crippen molar-refractivity contribution in [2.45, 2.75) is 211 Å². The fourth-order valence-corrected chi connectivity index (χ4v) is 7.49. The van der Waals surface area contributed by atoms with E-state index < -0.39 is 11.9 Å². The Bertz CT molecular complexity index is 850. The van der Waals surface area contributed by atoms with E-state index >= 15 is 0 Å². The summed E-state index contributed by atoms with van der Waals surface area (Å²) < 4.78 is 19.5. The molecule has 0 bridgehead atoms. The molecule has 2 rings (SSSR count). The number of β-amino-alcohol motifs (C(OH)–C–C–N with tert-alkyl or cyclic N) is 1. The van der Waals surface area contributed by atoms with E-state index in [2.05, 4.69) is 67.4 Å². The number of hydrogen-bond donors (Lipinski definition) is 1. The van der Waals surface area contributed by atoms with Crippen LogP contribution >= 0.6 is 0 Å². The van der Waals surface area contributed by atoms with Crippen molar-refractivity contribution in [3.63, 3.8) is 0 Å². The first-order valence-corrected chi connectivity index (χ1v) is 21.4. The maximum Gasteiger partial charge on any atom is 0.169 e. The summed E-state index contributed by atoms with van der Waals surface area (Å²) in [7, 11) is 3.80. The van der Waals surface area contributed by atoms with Gasteiger partial charge in [0.25, 0.3) is 0 Å². The Hall–Kier alpha value is -1.24. The van der Waals surface area contributed by atoms with Crippen molar-refractivity contribution < 1.29 is 19.3 Å². The number of hydrogen-bond acceptors (Lipinski definition) is 5. The molecule has 2 aliphatic heterocycles. The molecule has 2 saturated heterocycles. The van der Waals surface area contributed by atoms with E-state index in [1.165, 1.54) is 128 Å². The second kappa shape index (κ2) is 30.2. The number of rotatable bonds is 31. The monoisotopic (exact) mass is 700 g/mol. The Morgan fingerprint density at radius 3 is 1.40 bits per heavy atom. The van der Waals surface area contributed by atoms with E-state index in [-0.39, 0.29) is 18.3 Å². The molecular weight excluding hydrogens is 618 g/mol. The van der Waals surface area contributed by atoms with E-state index in [9.17, 15) is 5.11 Å². The van der Waals surface area contributed by atoms with Crippen molar-refractivity contribution in [1.82, 2.24) is 4.90 Å². The number of ether oxygens (including phenoxy) is 3. The van der Waals surface area contributed by atoms with Gasteiger partial charge in [0.05, 0.1) is 12.2 Å². The van der Waals surface area contributed by atoms with Gasteiger partial charge in [-0.05, 0) is 84.1 Å². The first kappa shape index (κ1) is 44.9. The summed E-state index contributed by atoms with van der Waals surface area (Å²) in [5.41, 5.74) is 0. The third kappa shape index (κ3) is 20.7. The van der Waals surface area contributed by atoms with Crippen LogP contribution in [0.5, 0.6) is 0 Å². The number of fused-ring (bicyclic) bond motifs is 1. The first-order chi connectivity index (χ1) is 24.5. The zero-order valence-electron chi connectivity index (χ0n) is 33.3. The molecule has 0 amide bonds. The zero-order chi connectivity index (χ0) is 36.0. The summed E-state index contributed by atoms with van der Waals surface area (Å²) in [6.07, 6.45) is 49.3. The minimum absolute atomic E-state index is 0.0873. The largest absolute Gasteiger partial charge is 0.389 e. The van der Waals surface area contributed by atoms with Crippen molar-refractivity contribution >= 4 is 0 Å². The fourth-order valence-electron chi connectivity index (χ4n) is 7.49. The predicted molar refractivity (Wildman–Crippen MR) is 215 cm³/mol. The molecule has 0 radical (unpaired) electrons. The molecule has 0 aromatic heterocycles. The van der Waals surface area contributed by atoms with Crippen LogP contribution in [0.15, 0.2) is 48.6 Å². The van der Waals surface area contributed by atoms with E-state index in [0.29, 0.717) is 6.54 Å². The SMILES string of the molecule is CCCCC/C=C\C/C=C\CCCCCCCCC1(CCCCCCCC/C=C\C/C=C\CCCCC)O[C@@H]2[C@H](O1)[C@@H](OC)CN(C)C[C@H]2O. The number of likely N-dealkylation sites (N-methyl/N-ethyl adjacent to an activating group) is 1. The van der Waals surface area contributed by atoms with E-state index in [1.54, 1.807) is 7.11 Å². The molecule has 0 saturated carbocycles. The smallest absolute Gasteiger partial charge is 0.169 e. The lowest BCUT2D eigenvalue weighted by Crippen LogP contribution is -2.42. The van der Waals surface area contributed by atoms with Crippen LogP contribution in [0.4, 0.5) is 0 Å². The standard InChI is InChI=1S/C45H81NO4/c1-5-7-9-11-13-15-17-19-21-23-25-27-29-31-33-35-37-45(49-43-41(47)39-46(3)40-42(48-4)44(43)50-45)38-36-34-32-30-28-26-24-22-20-18-16-14-12-10-8-6-2/h13-16,19-22,41-44,47H,5-12,17-18,23-40H2,1-4H3/b15-13-,16-14-,21-19-,22-20-/t41-,42+,43+,44-/m1/s1. The van der Waals surface area contributed by atoms with Crippen LogP contribution in [-0.2, 0) is 14.2 Å². The molecule has 2 heterocycles. The van der Waals surface area contributed by atoms with Crippen molar-refractivity contribution in [1.29, 1.82) is 0 Å². The lowest BCUT2D eigenvalue weighted by Gasteiger charge is -2.31. The van der Waals surface area contributed by atoms with Crippen molar-refractivity contribution in [3.05, 3.63) is 48.6 Å². The number of methoxy groups -OCH3 is 1. The summed E-state index contributed by atoms with van der Waals surface area (Å²) in [4.78, 5) is 2.14. The quantitative estimate of drug-likeness (QED) is 0.0576. The highest BCUT2D eigenvalue weighted by molar-refractivity contribution is 4.98. The van der Waals surface area contributed by atoms with Gasteiger partial charge in [-0.2, -0.15) is 0 Å². The van der Waals surface area contributed by atoms with Crippen LogP contribution in [-0.4, -0.2) is 67.5 Å². The molecular formula is C45H81NO4. The van der Waals surface area contributed by atoms with E-state index in [1.807, 2.05) is 7.05 Å². The fraction of sp³-hybridized carbons (Fsp3) is 0.822. The van der Waals surface area contributed by atoms with Crippen LogP contribution in [0.2, 0.25) is 0 Å². The maximum atomic E-state index is 11.1. The predicted octanol–water partition coefficient (Wildman–Crippen LogP) is 12.2. The average Bonchev–Trinajstić information content (AvgIpc) is 3.45. The van der Waals surface area contributed by atoms with Crippen LogP contribution in [0.3, 0.4) is 0 Å². The number of allylic oxidation sites excluding steroid dienone is 8. The molecule has 2 fully saturated rings. The lowest BCUT2D eigenvalue weighted by atomic mass is 9.98. The average molecular weight is 700 g/mol. The highest BCUT2D eigenvalue weighted by Crippen LogP contribution is 2.41. The summed E-state index contributed by atoms with van der Waals surface area (Å²) in [6, 6.07) is 0. The Balaban J connectivity index is 1.67.